The van der Waals surface area contributed by atoms with E-state index in [0.29, 0.717) is 27.6 Å². The van der Waals surface area contributed by atoms with Gasteiger partial charge < -0.3 is 4.74 Å². The predicted molar refractivity (Wildman–Crippen MR) is 103 cm³/mol. The summed E-state index contributed by atoms with van der Waals surface area (Å²) < 4.78 is 33.9. The third-order valence-electron chi connectivity index (χ3n) is 3.89. The lowest BCUT2D eigenvalue weighted by Gasteiger charge is -2.22. The summed E-state index contributed by atoms with van der Waals surface area (Å²) in [7, 11) is -3.73. The average Bonchev–Trinajstić information content (AvgIpc) is 3.22. The summed E-state index contributed by atoms with van der Waals surface area (Å²) in [5.74, 6) is -0.500. The summed E-state index contributed by atoms with van der Waals surface area (Å²) in [6.45, 7) is 0.459. The van der Waals surface area contributed by atoms with Gasteiger partial charge in [0.25, 0.3) is 10.0 Å². The first-order chi connectivity index (χ1) is 11.9. The summed E-state index contributed by atoms with van der Waals surface area (Å²) in [6.07, 6.45) is 1.11. The minimum atomic E-state index is -3.73. The minimum Gasteiger partial charge on any atom is -0.460 e. The number of carbonyl (C=O) groups is 1. The van der Waals surface area contributed by atoms with Crippen molar-refractivity contribution in [3.05, 3.63) is 50.2 Å². The number of halogens is 2. The molecular formula is C16H15Br2NO4S2. The van der Waals surface area contributed by atoms with Gasteiger partial charge in [-0.1, -0.05) is 30.3 Å². The maximum absolute atomic E-state index is 12.9. The molecule has 2 aromatic rings. The number of carbonyl (C=O) groups excluding carboxylic acids is 1. The van der Waals surface area contributed by atoms with Crippen LogP contribution in [0.15, 0.2) is 48.9 Å². The molecular weight excluding hydrogens is 494 g/mol. The van der Waals surface area contributed by atoms with Crippen LogP contribution < -0.4 is 0 Å². The molecule has 5 nitrogen and oxygen atoms in total. The Morgan fingerprint density at radius 1 is 1.28 bits per heavy atom. The Morgan fingerprint density at radius 3 is 2.64 bits per heavy atom. The lowest BCUT2D eigenvalue weighted by molar-refractivity contribution is -0.148. The first-order valence-corrected chi connectivity index (χ1v) is 11.4. The molecule has 1 aliphatic heterocycles. The second-order valence-electron chi connectivity index (χ2n) is 5.55. The zero-order chi connectivity index (χ0) is 18.0. The third kappa shape index (κ3) is 4.16. The van der Waals surface area contributed by atoms with Gasteiger partial charge in [-0.25, -0.2) is 8.42 Å². The van der Waals surface area contributed by atoms with Gasteiger partial charge in [0.2, 0.25) is 0 Å². The number of nitrogens with zero attached hydrogens (tertiary/aromatic N) is 1. The summed E-state index contributed by atoms with van der Waals surface area (Å²) in [5, 5.41) is 0. The topological polar surface area (TPSA) is 63.7 Å². The number of benzene rings is 1. The highest BCUT2D eigenvalue weighted by Gasteiger charge is 2.41. The Bertz CT molecular complexity index is 848. The number of sulfonamides is 1. The Balaban J connectivity index is 1.74. The van der Waals surface area contributed by atoms with Crippen LogP contribution in [0.25, 0.3) is 0 Å². The fourth-order valence-electron chi connectivity index (χ4n) is 2.66. The zero-order valence-electron chi connectivity index (χ0n) is 13.0. The van der Waals surface area contributed by atoms with E-state index in [0.717, 1.165) is 16.9 Å². The second-order valence-corrected chi connectivity index (χ2v) is 10.9. The van der Waals surface area contributed by atoms with Gasteiger partial charge in [0.05, 0.1) is 3.79 Å². The molecule has 134 valence electrons. The molecule has 0 saturated carbocycles. The predicted octanol–water partition coefficient (Wildman–Crippen LogP) is 4.17. The van der Waals surface area contributed by atoms with E-state index in [4.69, 9.17) is 4.74 Å². The van der Waals surface area contributed by atoms with Crippen LogP contribution in [0.4, 0.5) is 0 Å². The lowest BCUT2D eigenvalue weighted by Crippen LogP contribution is -2.41. The van der Waals surface area contributed by atoms with E-state index in [1.54, 1.807) is 6.07 Å². The van der Waals surface area contributed by atoms with Crippen LogP contribution in [0.5, 0.6) is 0 Å². The van der Waals surface area contributed by atoms with E-state index >= 15 is 0 Å². The molecule has 1 aliphatic rings. The van der Waals surface area contributed by atoms with Gasteiger partial charge in [-0.05, 0) is 56.3 Å². The number of ether oxygens (including phenoxy) is 1. The SMILES string of the molecule is O=C(OCc1ccccc1)C1CCCN1S(=O)(=O)c1cc(Br)c(Br)s1. The Kier molecular flexibility index (Phi) is 5.99. The summed E-state index contributed by atoms with van der Waals surface area (Å²) in [5.41, 5.74) is 0.870. The molecule has 1 unspecified atom stereocenters. The zero-order valence-corrected chi connectivity index (χ0v) is 17.8. The number of thiophene rings is 1. The van der Waals surface area contributed by atoms with Crippen LogP contribution in [0.2, 0.25) is 0 Å². The van der Waals surface area contributed by atoms with Gasteiger partial charge in [-0.2, -0.15) is 4.31 Å². The largest absolute Gasteiger partial charge is 0.460 e. The van der Waals surface area contributed by atoms with Crippen molar-refractivity contribution in [3.8, 4) is 0 Å². The number of esters is 1. The van der Waals surface area contributed by atoms with Crippen molar-refractivity contribution in [2.45, 2.75) is 29.7 Å². The minimum absolute atomic E-state index is 0.139. The molecule has 0 amide bonds. The normalized spacial score (nSPS) is 18.4. The Morgan fingerprint density at radius 2 is 2.00 bits per heavy atom. The smallest absolute Gasteiger partial charge is 0.324 e. The molecule has 0 aliphatic carbocycles. The molecule has 0 radical (unpaired) electrons. The number of rotatable bonds is 5. The van der Waals surface area contributed by atoms with Crippen molar-refractivity contribution in [1.29, 1.82) is 0 Å². The van der Waals surface area contributed by atoms with Crippen LogP contribution in [0.1, 0.15) is 18.4 Å². The van der Waals surface area contributed by atoms with Crippen molar-refractivity contribution in [2.24, 2.45) is 0 Å². The highest BCUT2D eigenvalue weighted by atomic mass is 79.9. The number of hydrogen-bond acceptors (Lipinski definition) is 5. The molecule has 1 saturated heterocycles. The van der Waals surface area contributed by atoms with Gasteiger partial charge in [0, 0.05) is 11.0 Å². The van der Waals surface area contributed by atoms with Crippen LogP contribution in [0, 0.1) is 0 Å². The molecule has 0 N–H and O–H groups in total. The first-order valence-electron chi connectivity index (χ1n) is 7.57. The first kappa shape index (κ1) is 19.0. The van der Waals surface area contributed by atoms with Gasteiger partial charge >= 0.3 is 5.97 Å². The van der Waals surface area contributed by atoms with E-state index in [2.05, 4.69) is 31.9 Å². The van der Waals surface area contributed by atoms with Crippen molar-refractivity contribution >= 4 is 59.2 Å². The molecule has 1 fully saturated rings. The fraction of sp³-hybridized carbons (Fsp3) is 0.312. The summed E-state index contributed by atoms with van der Waals surface area (Å²) in [6, 6.07) is 10.1. The van der Waals surface area contributed by atoms with E-state index in [-0.39, 0.29) is 10.8 Å². The highest BCUT2D eigenvalue weighted by molar-refractivity contribution is 9.13. The van der Waals surface area contributed by atoms with Gasteiger partial charge in [-0.3, -0.25) is 4.79 Å². The van der Waals surface area contributed by atoms with E-state index in [1.165, 1.54) is 4.31 Å². The van der Waals surface area contributed by atoms with Crippen molar-refractivity contribution in [3.63, 3.8) is 0 Å². The molecule has 25 heavy (non-hydrogen) atoms. The third-order valence-corrected chi connectivity index (χ3v) is 9.50. The monoisotopic (exact) mass is 507 g/mol. The second kappa shape index (κ2) is 7.87. The fourth-order valence-corrected chi connectivity index (χ4v) is 7.25. The molecule has 9 heteroatoms. The summed E-state index contributed by atoms with van der Waals surface area (Å²) >= 11 is 7.73. The van der Waals surface area contributed by atoms with Crippen LogP contribution in [-0.2, 0) is 26.2 Å². The average molecular weight is 509 g/mol. The van der Waals surface area contributed by atoms with E-state index in [1.807, 2.05) is 30.3 Å². The van der Waals surface area contributed by atoms with Gasteiger partial charge in [0.1, 0.15) is 16.9 Å². The van der Waals surface area contributed by atoms with Gasteiger partial charge in [-0.15, -0.1) is 11.3 Å². The molecule has 0 spiro atoms. The molecule has 1 aromatic heterocycles. The molecule has 3 rings (SSSR count). The van der Waals surface area contributed by atoms with Crippen LogP contribution >= 0.6 is 43.2 Å². The van der Waals surface area contributed by atoms with Crippen molar-refractivity contribution < 1.29 is 17.9 Å². The highest BCUT2D eigenvalue weighted by Crippen LogP contribution is 2.38. The molecule has 1 aromatic carbocycles. The Hall–Kier alpha value is -0.740. The standard InChI is InChI=1S/C16H15Br2NO4S2/c17-12-9-14(24-15(12)18)25(21,22)19-8-4-7-13(19)16(20)23-10-11-5-2-1-3-6-11/h1-3,5-6,9,13H,4,7-8,10H2. The van der Waals surface area contributed by atoms with Crippen LogP contribution in [-0.4, -0.2) is 31.3 Å². The maximum Gasteiger partial charge on any atom is 0.324 e. The van der Waals surface area contributed by atoms with Crippen molar-refractivity contribution in [1.82, 2.24) is 4.31 Å². The Labute approximate surface area is 167 Å². The van der Waals surface area contributed by atoms with Crippen molar-refractivity contribution in [2.75, 3.05) is 6.54 Å². The van der Waals surface area contributed by atoms with E-state index in [9.17, 15) is 13.2 Å². The quantitative estimate of drug-likeness (QED) is 0.568. The van der Waals surface area contributed by atoms with Gasteiger partial charge in [0.15, 0.2) is 0 Å². The maximum atomic E-state index is 12.9. The lowest BCUT2D eigenvalue weighted by atomic mass is 10.2. The molecule has 2 heterocycles. The summed E-state index contributed by atoms with van der Waals surface area (Å²) in [4.78, 5) is 12.4. The van der Waals surface area contributed by atoms with Crippen LogP contribution in [0.3, 0.4) is 0 Å². The molecule has 0 bridgehead atoms. The van der Waals surface area contributed by atoms with E-state index < -0.39 is 22.0 Å². The number of hydrogen-bond donors (Lipinski definition) is 0. The molecule has 1 atom stereocenters.